The molecule has 0 aliphatic carbocycles. The van der Waals surface area contributed by atoms with Crippen LogP contribution in [0.3, 0.4) is 0 Å². The Balaban J connectivity index is 1.97. The number of hydrogen-bond acceptors (Lipinski definition) is 3. The zero-order chi connectivity index (χ0) is 19.6. The highest BCUT2D eigenvalue weighted by atomic mass is 16.2. The first-order valence-corrected chi connectivity index (χ1v) is 8.87. The van der Waals surface area contributed by atoms with E-state index in [1.165, 1.54) is 0 Å². The largest absolute Gasteiger partial charge is 0.333 e. The van der Waals surface area contributed by atoms with Gasteiger partial charge >= 0.3 is 6.03 Å². The van der Waals surface area contributed by atoms with Crippen LogP contribution in [-0.4, -0.2) is 21.1 Å². The zero-order valence-corrected chi connectivity index (χ0v) is 16.0. The predicted octanol–water partition coefficient (Wildman–Crippen LogP) is 3.67. The van der Waals surface area contributed by atoms with Gasteiger partial charge in [0.05, 0.1) is 17.6 Å². The van der Waals surface area contributed by atoms with E-state index in [0.717, 1.165) is 11.1 Å². The molecule has 1 heterocycles. The number of fused-ring (bicyclic) bond motifs is 1. The van der Waals surface area contributed by atoms with Gasteiger partial charge < -0.3 is 15.2 Å². The lowest BCUT2D eigenvalue weighted by molar-refractivity contribution is 0.244. The third kappa shape index (κ3) is 4.53. The lowest BCUT2D eigenvalue weighted by Gasteiger charge is -2.21. The first kappa shape index (κ1) is 18.6. The molecule has 0 saturated heterocycles. The molecule has 0 unspecified atom stereocenters. The lowest BCUT2D eigenvalue weighted by atomic mass is 10.1. The third-order valence-electron chi connectivity index (χ3n) is 4.04. The van der Waals surface area contributed by atoms with Crippen LogP contribution in [0, 0.1) is 6.92 Å². The minimum atomic E-state index is -0.327. The fourth-order valence-corrected chi connectivity index (χ4v) is 2.88. The van der Waals surface area contributed by atoms with Crippen LogP contribution >= 0.6 is 0 Å². The summed E-state index contributed by atoms with van der Waals surface area (Å²) in [5.41, 5.74) is 3.05. The summed E-state index contributed by atoms with van der Waals surface area (Å²) in [5, 5.41) is 5.67. The molecule has 1 aromatic heterocycles. The normalized spacial score (nSPS) is 11.4. The summed E-state index contributed by atoms with van der Waals surface area (Å²) in [6.07, 6.45) is 0. The Kier molecular flexibility index (Phi) is 4.99. The van der Waals surface area contributed by atoms with Crippen LogP contribution in [0.1, 0.15) is 32.0 Å². The molecular formula is C21H24N4O2. The van der Waals surface area contributed by atoms with Crippen LogP contribution in [-0.2, 0) is 6.54 Å². The minimum Gasteiger partial charge on any atom is -0.333 e. The number of anilines is 1. The van der Waals surface area contributed by atoms with Gasteiger partial charge in [-0.1, -0.05) is 30.3 Å². The number of carbonyl (C=O) groups is 1. The Morgan fingerprint density at radius 1 is 1.11 bits per heavy atom. The van der Waals surface area contributed by atoms with E-state index < -0.39 is 0 Å². The molecule has 3 rings (SSSR count). The van der Waals surface area contributed by atoms with Crippen LogP contribution in [0.2, 0.25) is 0 Å². The summed E-state index contributed by atoms with van der Waals surface area (Å²) >= 11 is 0. The van der Waals surface area contributed by atoms with Crippen molar-refractivity contribution in [3.63, 3.8) is 0 Å². The van der Waals surface area contributed by atoms with Gasteiger partial charge in [0.1, 0.15) is 5.69 Å². The highest BCUT2D eigenvalue weighted by molar-refractivity contribution is 5.92. The molecule has 2 aromatic carbocycles. The second-order valence-electron chi connectivity index (χ2n) is 7.61. The SMILES string of the molecule is Cc1nc2cc(NC(=O)NC(C)(C)C)ccc2n(Cc2ccccc2)c1=O. The van der Waals surface area contributed by atoms with Crippen molar-refractivity contribution in [2.75, 3.05) is 5.32 Å². The molecule has 27 heavy (non-hydrogen) atoms. The highest BCUT2D eigenvalue weighted by Crippen LogP contribution is 2.18. The molecule has 6 nitrogen and oxygen atoms in total. The molecule has 0 aliphatic rings. The van der Waals surface area contributed by atoms with Crippen molar-refractivity contribution in [1.29, 1.82) is 0 Å². The van der Waals surface area contributed by atoms with Gasteiger partial charge in [0.15, 0.2) is 0 Å². The average Bonchev–Trinajstić information content (AvgIpc) is 2.58. The van der Waals surface area contributed by atoms with Crippen LogP contribution in [0.15, 0.2) is 53.3 Å². The Hall–Kier alpha value is -3.15. The molecule has 140 valence electrons. The summed E-state index contributed by atoms with van der Waals surface area (Å²) in [5.74, 6) is 0. The zero-order valence-electron chi connectivity index (χ0n) is 16.0. The number of carbonyl (C=O) groups excluding carboxylic acids is 1. The van der Waals surface area contributed by atoms with E-state index in [1.54, 1.807) is 23.6 Å². The average molecular weight is 364 g/mol. The van der Waals surface area contributed by atoms with Crippen LogP contribution < -0.4 is 16.2 Å². The maximum atomic E-state index is 12.6. The number of nitrogens with zero attached hydrogens (tertiary/aromatic N) is 2. The van der Waals surface area contributed by atoms with Gasteiger partial charge in [0.25, 0.3) is 5.56 Å². The summed E-state index contributed by atoms with van der Waals surface area (Å²) in [7, 11) is 0. The van der Waals surface area contributed by atoms with E-state index in [1.807, 2.05) is 57.2 Å². The van der Waals surface area contributed by atoms with E-state index in [4.69, 9.17) is 0 Å². The second-order valence-corrected chi connectivity index (χ2v) is 7.61. The molecule has 0 bridgehead atoms. The Bertz CT molecular complexity index is 1030. The fraction of sp³-hybridized carbons (Fsp3) is 0.286. The molecule has 6 heteroatoms. The van der Waals surface area contributed by atoms with E-state index in [9.17, 15) is 9.59 Å². The molecule has 0 saturated carbocycles. The molecule has 3 aromatic rings. The number of aromatic nitrogens is 2. The van der Waals surface area contributed by atoms with Crippen LogP contribution in [0.25, 0.3) is 11.0 Å². The highest BCUT2D eigenvalue weighted by Gasteiger charge is 2.14. The minimum absolute atomic E-state index is 0.113. The fourth-order valence-electron chi connectivity index (χ4n) is 2.88. The Morgan fingerprint density at radius 3 is 2.48 bits per heavy atom. The summed E-state index contributed by atoms with van der Waals surface area (Å²) in [6.45, 7) is 7.92. The van der Waals surface area contributed by atoms with Crippen molar-refractivity contribution < 1.29 is 4.79 Å². The Morgan fingerprint density at radius 2 is 1.81 bits per heavy atom. The maximum absolute atomic E-state index is 12.6. The molecule has 0 spiro atoms. The van der Waals surface area contributed by atoms with Crippen molar-refractivity contribution in [3.05, 3.63) is 70.1 Å². The van der Waals surface area contributed by atoms with Crippen molar-refractivity contribution >= 4 is 22.8 Å². The molecule has 0 radical (unpaired) electrons. The first-order valence-electron chi connectivity index (χ1n) is 8.87. The van der Waals surface area contributed by atoms with Gasteiger partial charge in [-0.15, -0.1) is 0 Å². The van der Waals surface area contributed by atoms with E-state index in [-0.39, 0.29) is 17.1 Å². The van der Waals surface area contributed by atoms with Gasteiger partial charge in [-0.25, -0.2) is 9.78 Å². The second kappa shape index (κ2) is 7.23. The molecule has 0 fully saturated rings. The van der Waals surface area contributed by atoms with E-state index >= 15 is 0 Å². The van der Waals surface area contributed by atoms with Gasteiger partial charge in [0.2, 0.25) is 0 Å². The molecule has 0 atom stereocenters. The number of nitrogens with one attached hydrogen (secondary N) is 2. The number of aryl methyl sites for hydroxylation is 1. The van der Waals surface area contributed by atoms with E-state index in [0.29, 0.717) is 23.4 Å². The van der Waals surface area contributed by atoms with Crippen molar-refractivity contribution in [2.24, 2.45) is 0 Å². The quantitative estimate of drug-likeness (QED) is 0.744. The van der Waals surface area contributed by atoms with Crippen molar-refractivity contribution in [2.45, 2.75) is 39.8 Å². The molecule has 2 N–H and O–H groups in total. The van der Waals surface area contributed by atoms with E-state index in [2.05, 4.69) is 15.6 Å². The smallest absolute Gasteiger partial charge is 0.319 e. The number of amides is 2. The molecule has 0 aliphatic heterocycles. The topological polar surface area (TPSA) is 76.0 Å². The van der Waals surface area contributed by atoms with Gasteiger partial charge in [0, 0.05) is 11.2 Å². The van der Waals surface area contributed by atoms with Crippen LogP contribution in [0.5, 0.6) is 0 Å². The summed E-state index contributed by atoms with van der Waals surface area (Å²) < 4.78 is 1.71. The monoisotopic (exact) mass is 364 g/mol. The van der Waals surface area contributed by atoms with Gasteiger partial charge in [-0.05, 0) is 51.5 Å². The standard InChI is InChI=1S/C21H24N4O2/c1-14-19(26)25(13-15-8-6-5-7-9-15)18-11-10-16(12-17(18)22-14)23-20(27)24-21(2,3)4/h5-12H,13H2,1-4H3,(H2,23,24,27). The maximum Gasteiger partial charge on any atom is 0.319 e. The predicted molar refractivity (Wildman–Crippen MR) is 108 cm³/mol. The van der Waals surface area contributed by atoms with Crippen molar-refractivity contribution in [1.82, 2.24) is 14.9 Å². The number of urea groups is 1. The number of hydrogen-bond donors (Lipinski definition) is 2. The number of benzene rings is 2. The summed E-state index contributed by atoms with van der Waals surface area (Å²) in [4.78, 5) is 29.1. The number of rotatable bonds is 3. The van der Waals surface area contributed by atoms with Gasteiger partial charge in [-0.3, -0.25) is 4.79 Å². The molecular weight excluding hydrogens is 340 g/mol. The third-order valence-corrected chi connectivity index (χ3v) is 4.04. The first-order chi connectivity index (χ1) is 12.7. The molecule has 2 amide bonds. The Labute approximate surface area is 158 Å². The van der Waals surface area contributed by atoms with Crippen molar-refractivity contribution in [3.8, 4) is 0 Å². The van der Waals surface area contributed by atoms with Crippen LogP contribution in [0.4, 0.5) is 10.5 Å². The van der Waals surface area contributed by atoms with Gasteiger partial charge in [-0.2, -0.15) is 0 Å². The lowest BCUT2D eigenvalue weighted by Crippen LogP contribution is -2.43. The summed E-state index contributed by atoms with van der Waals surface area (Å²) in [6, 6.07) is 14.9.